The van der Waals surface area contributed by atoms with Crippen molar-refractivity contribution in [1.29, 1.82) is 0 Å². The number of anilines is 2. The Labute approximate surface area is 245 Å². The average molecular weight is 537 g/mol. The van der Waals surface area contributed by atoms with Crippen LogP contribution in [-0.2, 0) is 0 Å². The minimum absolute atomic E-state index is 1.06. The Morgan fingerprint density at radius 2 is 1.07 bits per heavy atom. The Kier molecular flexibility index (Phi) is 5.82. The van der Waals surface area contributed by atoms with Crippen molar-refractivity contribution < 1.29 is 0 Å². The Bertz CT molecular complexity index is 2210. The lowest BCUT2D eigenvalue weighted by atomic mass is 9.99. The number of rotatable bonds is 5. The number of aromatic nitrogens is 1. The third-order valence-electron chi connectivity index (χ3n) is 8.17. The van der Waals surface area contributed by atoms with Crippen molar-refractivity contribution in [2.24, 2.45) is 0 Å². The van der Waals surface area contributed by atoms with Gasteiger partial charge in [0, 0.05) is 33.4 Å². The van der Waals surface area contributed by atoms with Gasteiger partial charge in [-0.25, -0.2) is 0 Å². The maximum atomic E-state index is 3.67. The third kappa shape index (κ3) is 4.22. The molecule has 0 bridgehead atoms. The van der Waals surface area contributed by atoms with Crippen LogP contribution in [0.25, 0.3) is 60.5 Å². The van der Waals surface area contributed by atoms with E-state index in [1.165, 1.54) is 60.5 Å². The summed E-state index contributed by atoms with van der Waals surface area (Å²) in [5.74, 6) is 0. The second kappa shape index (κ2) is 10.1. The minimum atomic E-state index is 1.06. The zero-order valence-corrected chi connectivity index (χ0v) is 23.0. The van der Waals surface area contributed by atoms with E-state index >= 15 is 0 Å². The summed E-state index contributed by atoms with van der Waals surface area (Å²) in [5.41, 5.74) is 10.6. The number of hydrogen-bond acceptors (Lipinski definition) is 1. The normalized spacial score (nSPS) is 11.3. The summed E-state index contributed by atoms with van der Waals surface area (Å²) < 4.78 is 2.36. The van der Waals surface area contributed by atoms with Crippen LogP contribution in [0.4, 0.5) is 11.4 Å². The van der Waals surface area contributed by atoms with Crippen LogP contribution in [0.2, 0.25) is 0 Å². The van der Waals surface area contributed by atoms with Crippen molar-refractivity contribution in [3.63, 3.8) is 0 Å². The molecule has 1 aromatic heterocycles. The van der Waals surface area contributed by atoms with Gasteiger partial charge in [-0.15, -0.1) is 0 Å². The SMILES string of the molecule is c1ccc(-n2c3ccccc3c3cc(-c4ccc(Nc5ccccc5-c5ccc6ccccc6c5)cc4)ccc32)cc1. The molecule has 0 saturated carbocycles. The van der Waals surface area contributed by atoms with Gasteiger partial charge in [-0.2, -0.15) is 0 Å². The lowest BCUT2D eigenvalue weighted by Crippen LogP contribution is -1.94. The van der Waals surface area contributed by atoms with Gasteiger partial charge in [0.15, 0.2) is 0 Å². The molecule has 42 heavy (non-hydrogen) atoms. The quantitative estimate of drug-likeness (QED) is 0.231. The van der Waals surface area contributed by atoms with Gasteiger partial charge in [-0.3, -0.25) is 0 Å². The topological polar surface area (TPSA) is 17.0 Å². The average Bonchev–Trinajstić information content (AvgIpc) is 3.39. The van der Waals surface area contributed by atoms with E-state index in [2.05, 4.69) is 174 Å². The first kappa shape index (κ1) is 24.2. The van der Waals surface area contributed by atoms with Crippen molar-refractivity contribution in [3.8, 4) is 27.9 Å². The number of nitrogens with one attached hydrogen (secondary N) is 1. The van der Waals surface area contributed by atoms with Gasteiger partial charge in [0.2, 0.25) is 0 Å². The molecule has 0 aliphatic rings. The van der Waals surface area contributed by atoms with E-state index in [1.54, 1.807) is 0 Å². The van der Waals surface area contributed by atoms with E-state index in [4.69, 9.17) is 0 Å². The number of hydrogen-bond donors (Lipinski definition) is 1. The van der Waals surface area contributed by atoms with Crippen LogP contribution < -0.4 is 5.32 Å². The summed E-state index contributed by atoms with van der Waals surface area (Å²) in [6.07, 6.45) is 0. The van der Waals surface area contributed by atoms with Crippen LogP contribution in [0, 0.1) is 0 Å². The van der Waals surface area contributed by atoms with Crippen LogP contribution in [0.1, 0.15) is 0 Å². The molecule has 0 aliphatic heterocycles. The highest BCUT2D eigenvalue weighted by molar-refractivity contribution is 6.10. The minimum Gasteiger partial charge on any atom is -0.355 e. The molecule has 0 aliphatic carbocycles. The fourth-order valence-electron chi connectivity index (χ4n) is 6.11. The zero-order valence-electron chi connectivity index (χ0n) is 23.0. The molecule has 1 heterocycles. The second-order valence-corrected chi connectivity index (χ2v) is 10.7. The monoisotopic (exact) mass is 536 g/mol. The fraction of sp³-hybridized carbons (Fsp3) is 0. The van der Waals surface area contributed by atoms with Gasteiger partial charge in [-0.1, -0.05) is 109 Å². The van der Waals surface area contributed by atoms with Gasteiger partial charge < -0.3 is 9.88 Å². The molecule has 198 valence electrons. The largest absolute Gasteiger partial charge is 0.355 e. The van der Waals surface area contributed by atoms with Gasteiger partial charge in [0.25, 0.3) is 0 Å². The van der Waals surface area contributed by atoms with E-state index in [-0.39, 0.29) is 0 Å². The summed E-state index contributed by atoms with van der Waals surface area (Å²) in [7, 11) is 0. The standard InChI is InChI=1S/C40H28N2/c1-2-12-34(13-3-1)42-39-17-9-7-15-36(39)37-27-31(22-25-40(37)42)29-20-23-33(24-21-29)41-38-16-8-6-14-35(38)32-19-18-28-10-4-5-11-30(28)26-32/h1-27,41H. The Hall–Kier alpha value is -5.60. The summed E-state index contributed by atoms with van der Waals surface area (Å²) in [6.45, 7) is 0. The Morgan fingerprint density at radius 1 is 0.405 bits per heavy atom. The highest BCUT2D eigenvalue weighted by Crippen LogP contribution is 2.36. The molecule has 2 nitrogen and oxygen atoms in total. The second-order valence-electron chi connectivity index (χ2n) is 10.7. The van der Waals surface area contributed by atoms with Gasteiger partial charge in [0.05, 0.1) is 11.0 Å². The molecular formula is C40H28N2. The van der Waals surface area contributed by atoms with E-state index in [9.17, 15) is 0 Å². The van der Waals surface area contributed by atoms with Crippen LogP contribution in [0.5, 0.6) is 0 Å². The number of nitrogens with zero attached hydrogens (tertiary/aromatic N) is 1. The van der Waals surface area contributed by atoms with Crippen LogP contribution in [-0.4, -0.2) is 4.57 Å². The molecular weight excluding hydrogens is 508 g/mol. The van der Waals surface area contributed by atoms with Crippen molar-refractivity contribution >= 4 is 44.0 Å². The molecule has 1 N–H and O–H groups in total. The number of para-hydroxylation sites is 3. The van der Waals surface area contributed by atoms with E-state index in [1.807, 2.05) is 0 Å². The molecule has 7 aromatic carbocycles. The van der Waals surface area contributed by atoms with Crippen molar-refractivity contribution in [2.75, 3.05) is 5.32 Å². The molecule has 0 saturated heterocycles. The molecule has 8 aromatic rings. The van der Waals surface area contributed by atoms with Crippen molar-refractivity contribution in [3.05, 3.63) is 164 Å². The summed E-state index contributed by atoms with van der Waals surface area (Å²) in [6, 6.07) is 58.5. The van der Waals surface area contributed by atoms with E-state index < -0.39 is 0 Å². The molecule has 0 unspecified atom stereocenters. The predicted octanol–water partition coefficient (Wildman–Crippen LogP) is 11.0. The summed E-state index contributed by atoms with van der Waals surface area (Å²) >= 11 is 0. The number of fused-ring (bicyclic) bond motifs is 4. The molecule has 2 heteroatoms. The maximum Gasteiger partial charge on any atom is 0.0541 e. The molecule has 0 atom stereocenters. The predicted molar refractivity (Wildman–Crippen MR) is 179 cm³/mol. The molecule has 0 spiro atoms. The first-order valence-corrected chi connectivity index (χ1v) is 14.4. The highest BCUT2D eigenvalue weighted by Gasteiger charge is 2.13. The van der Waals surface area contributed by atoms with E-state index in [0.717, 1.165) is 11.4 Å². The molecule has 0 amide bonds. The first-order valence-electron chi connectivity index (χ1n) is 14.4. The van der Waals surface area contributed by atoms with Crippen LogP contribution >= 0.6 is 0 Å². The Morgan fingerprint density at radius 3 is 1.95 bits per heavy atom. The zero-order chi connectivity index (χ0) is 27.9. The summed E-state index contributed by atoms with van der Waals surface area (Å²) in [5, 5.41) is 8.70. The van der Waals surface area contributed by atoms with Gasteiger partial charge >= 0.3 is 0 Å². The third-order valence-corrected chi connectivity index (χ3v) is 8.17. The van der Waals surface area contributed by atoms with Crippen molar-refractivity contribution in [1.82, 2.24) is 4.57 Å². The first-order chi connectivity index (χ1) is 20.8. The fourth-order valence-corrected chi connectivity index (χ4v) is 6.11. The molecule has 0 radical (unpaired) electrons. The van der Waals surface area contributed by atoms with Gasteiger partial charge in [-0.05, 0) is 82.1 Å². The van der Waals surface area contributed by atoms with E-state index in [0.29, 0.717) is 0 Å². The van der Waals surface area contributed by atoms with Crippen molar-refractivity contribution in [2.45, 2.75) is 0 Å². The maximum absolute atomic E-state index is 3.67. The number of benzene rings is 7. The lowest BCUT2D eigenvalue weighted by molar-refractivity contribution is 1.18. The lowest BCUT2D eigenvalue weighted by Gasteiger charge is -2.14. The van der Waals surface area contributed by atoms with Gasteiger partial charge in [0.1, 0.15) is 0 Å². The molecule has 0 fully saturated rings. The summed E-state index contributed by atoms with van der Waals surface area (Å²) in [4.78, 5) is 0. The van der Waals surface area contributed by atoms with Crippen LogP contribution in [0.15, 0.2) is 164 Å². The smallest absolute Gasteiger partial charge is 0.0541 e. The van der Waals surface area contributed by atoms with Crippen LogP contribution in [0.3, 0.4) is 0 Å². The molecule has 8 rings (SSSR count). The highest BCUT2D eigenvalue weighted by atomic mass is 15.0. The Balaban J connectivity index is 1.13.